The number of likely N-dealkylation sites (tertiary alicyclic amines) is 1. The van der Waals surface area contributed by atoms with Crippen molar-refractivity contribution in [2.24, 2.45) is 5.92 Å². The summed E-state index contributed by atoms with van der Waals surface area (Å²) in [5.74, 6) is 0.303. The van der Waals surface area contributed by atoms with Gasteiger partial charge in [0.25, 0.3) is 5.91 Å². The molecule has 1 aromatic carbocycles. The lowest BCUT2D eigenvalue weighted by Crippen LogP contribution is -2.42. The third kappa shape index (κ3) is 3.48. The predicted octanol–water partition coefficient (Wildman–Crippen LogP) is 2.49. The SMILES string of the molecule is CCOC(=O)C1CCCN(C(=O)c2ccc(-c3ncc[nH]3)cc2)C1. The molecular formula is C18H21N3O3. The zero-order valence-electron chi connectivity index (χ0n) is 13.7. The number of hydrogen-bond donors (Lipinski definition) is 1. The van der Waals surface area contributed by atoms with Crippen LogP contribution >= 0.6 is 0 Å². The van der Waals surface area contributed by atoms with Gasteiger partial charge in [-0.2, -0.15) is 0 Å². The first-order chi connectivity index (χ1) is 11.7. The van der Waals surface area contributed by atoms with Crippen LogP contribution in [-0.2, 0) is 9.53 Å². The van der Waals surface area contributed by atoms with Crippen LogP contribution in [0.3, 0.4) is 0 Å². The average molecular weight is 327 g/mol. The van der Waals surface area contributed by atoms with Crippen molar-refractivity contribution in [3.05, 3.63) is 42.2 Å². The lowest BCUT2D eigenvalue weighted by Gasteiger charge is -2.31. The fraction of sp³-hybridized carbons (Fsp3) is 0.389. The second-order valence-corrected chi connectivity index (χ2v) is 5.86. The van der Waals surface area contributed by atoms with Gasteiger partial charge in [-0.15, -0.1) is 0 Å². The number of amides is 1. The van der Waals surface area contributed by atoms with E-state index in [1.807, 2.05) is 12.1 Å². The van der Waals surface area contributed by atoms with Gasteiger partial charge in [0.05, 0.1) is 12.5 Å². The summed E-state index contributed by atoms with van der Waals surface area (Å²) < 4.78 is 5.08. The fourth-order valence-electron chi connectivity index (χ4n) is 2.99. The third-order valence-corrected chi connectivity index (χ3v) is 4.23. The number of carbonyl (C=O) groups is 2. The van der Waals surface area contributed by atoms with E-state index < -0.39 is 0 Å². The van der Waals surface area contributed by atoms with Gasteiger partial charge in [-0.25, -0.2) is 4.98 Å². The van der Waals surface area contributed by atoms with Gasteiger partial charge >= 0.3 is 5.97 Å². The number of rotatable bonds is 4. The highest BCUT2D eigenvalue weighted by molar-refractivity contribution is 5.95. The second kappa shape index (κ2) is 7.29. The van der Waals surface area contributed by atoms with Crippen molar-refractivity contribution in [1.29, 1.82) is 0 Å². The Bertz CT molecular complexity index is 695. The quantitative estimate of drug-likeness (QED) is 0.876. The van der Waals surface area contributed by atoms with E-state index in [4.69, 9.17) is 4.74 Å². The van der Waals surface area contributed by atoms with Crippen molar-refractivity contribution < 1.29 is 14.3 Å². The molecule has 1 saturated heterocycles. The minimum absolute atomic E-state index is 0.0463. The Kier molecular flexibility index (Phi) is 4.93. The van der Waals surface area contributed by atoms with Gasteiger partial charge in [0.15, 0.2) is 0 Å². The summed E-state index contributed by atoms with van der Waals surface area (Å²) >= 11 is 0. The largest absolute Gasteiger partial charge is 0.466 e. The summed E-state index contributed by atoms with van der Waals surface area (Å²) in [5.41, 5.74) is 1.55. The van der Waals surface area contributed by atoms with E-state index in [0.29, 0.717) is 25.3 Å². The van der Waals surface area contributed by atoms with Crippen LogP contribution in [0.1, 0.15) is 30.1 Å². The van der Waals surface area contributed by atoms with Crippen molar-refractivity contribution >= 4 is 11.9 Å². The van der Waals surface area contributed by atoms with Crippen molar-refractivity contribution in [1.82, 2.24) is 14.9 Å². The summed E-state index contributed by atoms with van der Waals surface area (Å²) in [7, 11) is 0. The Balaban J connectivity index is 1.68. The van der Waals surface area contributed by atoms with Crippen molar-refractivity contribution in [3.63, 3.8) is 0 Å². The Morgan fingerprint density at radius 1 is 1.33 bits per heavy atom. The minimum Gasteiger partial charge on any atom is -0.466 e. The van der Waals surface area contributed by atoms with Crippen LogP contribution in [0.4, 0.5) is 0 Å². The molecule has 1 aromatic heterocycles. The number of piperidine rings is 1. The maximum atomic E-state index is 12.7. The highest BCUT2D eigenvalue weighted by Gasteiger charge is 2.29. The maximum Gasteiger partial charge on any atom is 0.310 e. The van der Waals surface area contributed by atoms with E-state index in [1.54, 1.807) is 36.4 Å². The Morgan fingerprint density at radius 3 is 2.79 bits per heavy atom. The average Bonchev–Trinajstić information content (AvgIpc) is 3.16. The van der Waals surface area contributed by atoms with Gasteiger partial charge in [-0.05, 0) is 31.9 Å². The van der Waals surface area contributed by atoms with E-state index in [9.17, 15) is 9.59 Å². The first-order valence-corrected chi connectivity index (χ1v) is 8.24. The molecule has 0 saturated carbocycles. The van der Waals surface area contributed by atoms with E-state index in [-0.39, 0.29) is 17.8 Å². The zero-order chi connectivity index (χ0) is 16.9. The first-order valence-electron chi connectivity index (χ1n) is 8.24. The summed E-state index contributed by atoms with van der Waals surface area (Å²) in [5, 5.41) is 0. The van der Waals surface area contributed by atoms with Gasteiger partial charge in [-0.1, -0.05) is 12.1 Å². The first kappa shape index (κ1) is 16.2. The summed E-state index contributed by atoms with van der Waals surface area (Å²) in [6, 6.07) is 7.35. The monoisotopic (exact) mass is 327 g/mol. The summed E-state index contributed by atoms with van der Waals surface area (Å²) in [6.45, 7) is 3.27. The molecule has 24 heavy (non-hydrogen) atoms. The third-order valence-electron chi connectivity index (χ3n) is 4.23. The van der Waals surface area contributed by atoms with Gasteiger partial charge in [0.1, 0.15) is 5.82 Å². The van der Waals surface area contributed by atoms with Crippen LogP contribution in [0.2, 0.25) is 0 Å². The molecule has 0 bridgehead atoms. The topological polar surface area (TPSA) is 75.3 Å². The molecule has 1 unspecified atom stereocenters. The molecule has 0 aliphatic carbocycles. The number of hydrogen-bond acceptors (Lipinski definition) is 4. The molecular weight excluding hydrogens is 306 g/mol. The van der Waals surface area contributed by atoms with Crippen LogP contribution in [0.5, 0.6) is 0 Å². The summed E-state index contributed by atoms with van der Waals surface area (Å²) in [4.78, 5) is 33.6. The van der Waals surface area contributed by atoms with E-state index in [0.717, 1.165) is 24.2 Å². The lowest BCUT2D eigenvalue weighted by molar-refractivity contribution is -0.149. The molecule has 0 radical (unpaired) electrons. The smallest absolute Gasteiger partial charge is 0.310 e. The zero-order valence-corrected chi connectivity index (χ0v) is 13.7. The van der Waals surface area contributed by atoms with Crippen LogP contribution in [-0.4, -0.2) is 46.4 Å². The van der Waals surface area contributed by atoms with Crippen LogP contribution in [0, 0.1) is 5.92 Å². The number of nitrogens with zero attached hydrogens (tertiary/aromatic N) is 2. The van der Waals surface area contributed by atoms with Gasteiger partial charge in [0.2, 0.25) is 0 Å². The molecule has 6 heteroatoms. The standard InChI is InChI=1S/C18H21N3O3/c1-2-24-18(23)15-4-3-11-21(12-15)17(22)14-7-5-13(6-8-14)16-19-9-10-20-16/h5-10,15H,2-4,11-12H2,1H3,(H,19,20). The van der Waals surface area contributed by atoms with Crippen molar-refractivity contribution in [2.45, 2.75) is 19.8 Å². The number of aromatic nitrogens is 2. The van der Waals surface area contributed by atoms with Crippen molar-refractivity contribution in [2.75, 3.05) is 19.7 Å². The number of ether oxygens (including phenoxy) is 1. The summed E-state index contributed by atoms with van der Waals surface area (Å²) in [6.07, 6.45) is 5.05. The molecule has 3 rings (SSSR count). The normalized spacial score (nSPS) is 17.5. The number of esters is 1. The lowest BCUT2D eigenvalue weighted by atomic mass is 9.97. The molecule has 2 heterocycles. The van der Waals surface area contributed by atoms with E-state index in [2.05, 4.69) is 9.97 Å². The molecule has 2 aromatic rings. The highest BCUT2D eigenvalue weighted by Crippen LogP contribution is 2.21. The highest BCUT2D eigenvalue weighted by atomic mass is 16.5. The molecule has 1 N–H and O–H groups in total. The number of H-pyrrole nitrogens is 1. The molecule has 1 aliphatic heterocycles. The molecule has 1 amide bonds. The number of nitrogens with one attached hydrogen (secondary N) is 1. The molecule has 0 spiro atoms. The number of carbonyl (C=O) groups excluding carboxylic acids is 2. The molecule has 6 nitrogen and oxygen atoms in total. The van der Waals surface area contributed by atoms with Gasteiger partial charge in [0, 0.05) is 36.6 Å². The second-order valence-electron chi connectivity index (χ2n) is 5.86. The molecule has 126 valence electrons. The molecule has 1 aliphatic rings. The Labute approximate surface area is 140 Å². The number of benzene rings is 1. The van der Waals surface area contributed by atoms with Crippen LogP contribution < -0.4 is 0 Å². The fourth-order valence-corrected chi connectivity index (χ4v) is 2.99. The minimum atomic E-state index is -0.218. The van der Waals surface area contributed by atoms with Crippen molar-refractivity contribution in [3.8, 4) is 11.4 Å². The predicted molar refractivity (Wildman–Crippen MR) is 89.3 cm³/mol. The molecule has 1 atom stereocenters. The number of aromatic amines is 1. The van der Waals surface area contributed by atoms with E-state index >= 15 is 0 Å². The maximum absolute atomic E-state index is 12.7. The Morgan fingerprint density at radius 2 is 2.12 bits per heavy atom. The van der Waals surface area contributed by atoms with Gasteiger partial charge in [-0.3, -0.25) is 9.59 Å². The van der Waals surface area contributed by atoms with Crippen LogP contribution in [0.25, 0.3) is 11.4 Å². The Hall–Kier alpha value is -2.63. The van der Waals surface area contributed by atoms with E-state index in [1.165, 1.54) is 0 Å². The van der Waals surface area contributed by atoms with Crippen LogP contribution in [0.15, 0.2) is 36.7 Å². The molecule has 1 fully saturated rings. The van der Waals surface area contributed by atoms with Gasteiger partial charge < -0.3 is 14.6 Å². The number of imidazole rings is 1.